The number of nitrogens with zero attached hydrogens (tertiary/aromatic N) is 4. The maximum Gasteiger partial charge on any atom is 0.233 e. The molecule has 5 aromatic rings. The van der Waals surface area contributed by atoms with Crippen LogP contribution in [-0.4, -0.2) is 20.7 Å². The number of aromatic nitrogens is 3. The molecule has 1 aliphatic rings. The van der Waals surface area contributed by atoms with Gasteiger partial charge in [0.2, 0.25) is 17.8 Å². The molecular weight excluding hydrogens is 564 g/mol. The van der Waals surface area contributed by atoms with Gasteiger partial charge in [0.25, 0.3) is 0 Å². The van der Waals surface area contributed by atoms with Gasteiger partial charge in [-0.05, 0) is 66.2 Å². The quantitative estimate of drug-likeness (QED) is 0.168. The second-order valence-electron chi connectivity index (χ2n) is 9.13. The van der Waals surface area contributed by atoms with Crippen molar-refractivity contribution in [2.24, 2.45) is 5.16 Å². The van der Waals surface area contributed by atoms with Crippen molar-refractivity contribution in [1.29, 1.82) is 0 Å². The van der Waals surface area contributed by atoms with Gasteiger partial charge in [0.15, 0.2) is 6.10 Å². The molecule has 204 valence electrons. The molecular formula is C30H22Cl2FN7O. The zero-order valence-electron chi connectivity index (χ0n) is 21.4. The summed E-state index contributed by atoms with van der Waals surface area (Å²) in [5.41, 5.74) is 4.79. The van der Waals surface area contributed by atoms with Gasteiger partial charge in [0.05, 0.1) is 5.71 Å². The van der Waals surface area contributed by atoms with E-state index >= 15 is 0 Å². The minimum atomic E-state index is -0.331. The highest BCUT2D eigenvalue weighted by Crippen LogP contribution is 2.35. The summed E-state index contributed by atoms with van der Waals surface area (Å²) in [5.74, 6) is 0.602. The van der Waals surface area contributed by atoms with E-state index < -0.39 is 0 Å². The number of anilines is 6. The lowest BCUT2D eigenvalue weighted by Crippen LogP contribution is -2.07. The van der Waals surface area contributed by atoms with Crippen molar-refractivity contribution in [2.75, 3.05) is 16.0 Å². The smallest absolute Gasteiger partial charge is 0.233 e. The van der Waals surface area contributed by atoms with Gasteiger partial charge in [-0.2, -0.15) is 15.0 Å². The Bertz CT molecular complexity index is 1700. The van der Waals surface area contributed by atoms with Gasteiger partial charge in [0.1, 0.15) is 5.82 Å². The van der Waals surface area contributed by atoms with Crippen LogP contribution in [0.15, 0.2) is 102 Å². The molecule has 1 unspecified atom stereocenters. The lowest BCUT2D eigenvalue weighted by Gasteiger charge is -2.12. The molecule has 0 radical (unpaired) electrons. The van der Waals surface area contributed by atoms with E-state index in [1.165, 1.54) is 12.1 Å². The van der Waals surface area contributed by atoms with E-state index in [4.69, 9.17) is 28.0 Å². The molecule has 1 atom stereocenters. The third-order valence-electron chi connectivity index (χ3n) is 6.22. The van der Waals surface area contributed by atoms with Crippen molar-refractivity contribution in [2.45, 2.75) is 12.5 Å². The Labute approximate surface area is 245 Å². The monoisotopic (exact) mass is 585 g/mol. The number of benzene rings is 4. The normalized spacial score (nSPS) is 14.2. The van der Waals surface area contributed by atoms with Crippen LogP contribution < -0.4 is 16.0 Å². The Balaban J connectivity index is 1.19. The highest BCUT2D eigenvalue weighted by Gasteiger charge is 2.26. The van der Waals surface area contributed by atoms with Crippen molar-refractivity contribution < 1.29 is 9.23 Å². The SMILES string of the molecule is Fc1ccc(Nc2nc(Nc3ccccc3)nc(Nc3ccc(C4=NOC(c5ccc(Cl)cc5Cl)C4)cc3)n2)cc1. The topological polar surface area (TPSA) is 96.4 Å². The number of para-hydroxylation sites is 1. The Kier molecular flexibility index (Phi) is 7.62. The summed E-state index contributed by atoms with van der Waals surface area (Å²) in [6, 6.07) is 28.5. The van der Waals surface area contributed by atoms with Gasteiger partial charge in [-0.25, -0.2) is 4.39 Å². The number of hydrogen-bond acceptors (Lipinski definition) is 8. The fourth-order valence-electron chi connectivity index (χ4n) is 4.21. The highest BCUT2D eigenvalue weighted by molar-refractivity contribution is 6.35. The molecule has 2 heterocycles. The number of hydrogen-bond donors (Lipinski definition) is 3. The van der Waals surface area contributed by atoms with Gasteiger partial charge < -0.3 is 20.8 Å². The predicted molar refractivity (Wildman–Crippen MR) is 160 cm³/mol. The summed E-state index contributed by atoms with van der Waals surface area (Å²) in [7, 11) is 0. The van der Waals surface area contributed by atoms with E-state index in [0.717, 1.165) is 28.2 Å². The second kappa shape index (κ2) is 11.8. The lowest BCUT2D eigenvalue weighted by atomic mass is 10.00. The fourth-order valence-corrected chi connectivity index (χ4v) is 4.74. The van der Waals surface area contributed by atoms with Crippen LogP contribution in [0.5, 0.6) is 0 Å². The number of oxime groups is 1. The van der Waals surface area contributed by atoms with Crippen molar-refractivity contribution >= 4 is 63.8 Å². The highest BCUT2D eigenvalue weighted by atomic mass is 35.5. The summed E-state index contributed by atoms with van der Waals surface area (Å²) in [4.78, 5) is 19.2. The number of nitrogens with one attached hydrogen (secondary N) is 3. The Morgan fingerprint density at radius 3 is 1.83 bits per heavy atom. The molecule has 6 rings (SSSR count). The number of rotatable bonds is 8. The van der Waals surface area contributed by atoms with Crippen LogP contribution in [0.2, 0.25) is 10.0 Å². The molecule has 0 amide bonds. The van der Waals surface area contributed by atoms with Gasteiger partial charge in [0, 0.05) is 39.1 Å². The molecule has 0 bridgehead atoms. The van der Waals surface area contributed by atoms with E-state index in [9.17, 15) is 4.39 Å². The lowest BCUT2D eigenvalue weighted by molar-refractivity contribution is 0.0858. The van der Waals surface area contributed by atoms with E-state index in [0.29, 0.717) is 34.1 Å². The molecule has 8 nitrogen and oxygen atoms in total. The first-order valence-electron chi connectivity index (χ1n) is 12.6. The molecule has 0 spiro atoms. The van der Waals surface area contributed by atoms with Crippen LogP contribution in [-0.2, 0) is 4.84 Å². The minimum absolute atomic E-state index is 0.277. The van der Waals surface area contributed by atoms with Crippen molar-refractivity contribution in [1.82, 2.24) is 15.0 Å². The number of halogens is 3. The molecule has 0 saturated carbocycles. The van der Waals surface area contributed by atoms with Crippen LogP contribution in [0.1, 0.15) is 23.7 Å². The minimum Gasteiger partial charge on any atom is -0.387 e. The molecule has 0 aliphatic carbocycles. The fraction of sp³-hybridized carbons (Fsp3) is 0.0667. The molecule has 4 aromatic carbocycles. The Hall–Kier alpha value is -4.73. The standard InChI is InChI=1S/C30H22Cl2FN7O/c31-19-8-15-24(25(32)16-19)27-17-26(40-41-27)18-6-11-22(12-7-18)35-29-37-28(34-21-4-2-1-3-5-21)38-30(39-29)36-23-13-9-20(33)10-14-23/h1-16,27H,17H2,(H3,34,35,36,37,38,39). The van der Waals surface area contributed by atoms with Crippen molar-refractivity contribution in [3.8, 4) is 0 Å². The summed E-state index contributed by atoms with van der Waals surface area (Å²) < 4.78 is 13.4. The van der Waals surface area contributed by atoms with Crippen molar-refractivity contribution in [3.05, 3.63) is 124 Å². The van der Waals surface area contributed by atoms with E-state index in [1.54, 1.807) is 24.3 Å². The molecule has 41 heavy (non-hydrogen) atoms. The van der Waals surface area contributed by atoms with Crippen LogP contribution in [0.4, 0.5) is 39.3 Å². The third-order valence-corrected chi connectivity index (χ3v) is 6.78. The predicted octanol–water partition coefficient (Wildman–Crippen LogP) is 8.41. The molecule has 11 heteroatoms. The maximum absolute atomic E-state index is 13.4. The average molecular weight is 586 g/mol. The Morgan fingerprint density at radius 2 is 1.24 bits per heavy atom. The molecule has 1 aromatic heterocycles. The van der Waals surface area contributed by atoms with E-state index in [2.05, 4.69) is 36.1 Å². The van der Waals surface area contributed by atoms with Gasteiger partial charge >= 0.3 is 0 Å². The van der Waals surface area contributed by atoms with Crippen LogP contribution in [0.3, 0.4) is 0 Å². The third kappa shape index (κ3) is 6.54. The first-order valence-corrected chi connectivity index (χ1v) is 13.4. The average Bonchev–Trinajstić information content (AvgIpc) is 3.45. The van der Waals surface area contributed by atoms with Crippen molar-refractivity contribution in [3.63, 3.8) is 0 Å². The summed E-state index contributed by atoms with van der Waals surface area (Å²) >= 11 is 12.4. The van der Waals surface area contributed by atoms with E-state index in [1.807, 2.05) is 60.7 Å². The van der Waals surface area contributed by atoms with Gasteiger partial charge in [-0.15, -0.1) is 0 Å². The summed E-state index contributed by atoms with van der Waals surface area (Å²) in [6.45, 7) is 0. The van der Waals surface area contributed by atoms with Crippen LogP contribution in [0, 0.1) is 5.82 Å². The Morgan fingerprint density at radius 1 is 0.683 bits per heavy atom. The first kappa shape index (κ1) is 26.5. The van der Waals surface area contributed by atoms with Gasteiger partial charge in [-0.3, -0.25) is 0 Å². The zero-order chi connectivity index (χ0) is 28.2. The van der Waals surface area contributed by atoms with Gasteiger partial charge in [-0.1, -0.05) is 64.8 Å². The van der Waals surface area contributed by atoms with Crippen LogP contribution in [0.25, 0.3) is 0 Å². The molecule has 3 N–H and O–H groups in total. The van der Waals surface area contributed by atoms with E-state index in [-0.39, 0.29) is 17.9 Å². The maximum atomic E-state index is 13.4. The zero-order valence-corrected chi connectivity index (χ0v) is 22.9. The summed E-state index contributed by atoms with van der Waals surface area (Å²) in [5, 5.41) is 14.9. The summed E-state index contributed by atoms with van der Waals surface area (Å²) in [6.07, 6.45) is 0.300. The molecule has 0 saturated heterocycles. The van der Waals surface area contributed by atoms with Crippen LogP contribution >= 0.6 is 23.2 Å². The second-order valence-corrected chi connectivity index (χ2v) is 9.98. The molecule has 1 aliphatic heterocycles. The molecule has 0 fully saturated rings. The first-order chi connectivity index (χ1) is 20.0. The largest absolute Gasteiger partial charge is 0.387 e.